The molecule has 3 fully saturated rings. The highest BCUT2D eigenvalue weighted by atomic mass is 19.1. The molecule has 1 aliphatic heterocycles. The van der Waals surface area contributed by atoms with Crippen LogP contribution in [0, 0.1) is 29.5 Å². The van der Waals surface area contributed by atoms with E-state index < -0.39 is 70.2 Å². The van der Waals surface area contributed by atoms with Crippen LogP contribution in [0.15, 0.2) is 0 Å². The third-order valence-corrected chi connectivity index (χ3v) is 9.94. The molecule has 1 heterocycles. The molecule has 1 aromatic rings. The van der Waals surface area contributed by atoms with Crippen molar-refractivity contribution in [2.24, 2.45) is 29.4 Å². The third kappa shape index (κ3) is 3.39. The first kappa shape index (κ1) is 26.2. The second-order valence-electron chi connectivity index (χ2n) is 12.1. The fraction of sp³-hybridized carbons (Fsp3) is 0.607. The van der Waals surface area contributed by atoms with E-state index in [1.54, 1.807) is 0 Å². The number of ketones is 4. The summed E-state index contributed by atoms with van der Waals surface area (Å²) in [7, 11) is 3.04. The Morgan fingerprint density at radius 1 is 1.05 bits per heavy atom. The van der Waals surface area contributed by atoms with Gasteiger partial charge < -0.3 is 15.9 Å². The van der Waals surface area contributed by atoms with Crippen LogP contribution in [0.3, 0.4) is 0 Å². The summed E-state index contributed by atoms with van der Waals surface area (Å²) in [5.74, 6) is -11.9. The topological polar surface area (TPSA) is 158 Å². The van der Waals surface area contributed by atoms with E-state index in [4.69, 9.17) is 5.73 Å². The summed E-state index contributed by atoms with van der Waals surface area (Å²) >= 11 is 0. The first-order valence-electron chi connectivity index (χ1n) is 13.5. The maximum Gasteiger partial charge on any atom is 0.235 e. The van der Waals surface area contributed by atoms with Gasteiger partial charge >= 0.3 is 0 Å². The summed E-state index contributed by atoms with van der Waals surface area (Å²) < 4.78 is 16.0. The molecule has 39 heavy (non-hydrogen) atoms. The van der Waals surface area contributed by atoms with Crippen LogP contribution < -0.4 is 5.73 Å². The molecular weight excluding hydrogens is 509 g/mol. The van der Waals surface area contributed by atoms with Gasteiger partial charge in [0.05, 0.1) is 17.5 Å². The minimum absolute atomic E-state index is 0.0360. The van der Waals surface area contributed by atoms with Gasteiger partial charge in [-0.25, -0.2) is 4.39 Å². The summed E-state index contributed by atoms with van der Waals surface area (Å²) in [6.07, 6.45) is 3.97. The van der Waals surface area contributed by atoms with Gasteiger partial charge in [-0.1, -0.05) is 12.8 Å². The Bertz CT molecular complexity index is 1350. The molecular formula is C28H32FN3O7. The van der Waals surface area contributed by atoms with E-state index in [0.717, 1.165) is 25.7 Å². The van der Waals surface area contributed by atoms with Crippen LogP contribution in [0.4, 0.5) is 4.39 Å². The number of hydrogen-bond acceptors (Lipinski definition) is 9. The summed E-state index contributed by atoms with van der Waals surface area (Å²) in [6.45, 7) is 0.624. The molecule has 6 atom stereocenters. The van der Waals surface area contributed by atoms with Crippen LogP contribution in [-0.4, -0.2) is 80.8 Å². The summed E-state index contributed by atoms with van der Waals surface area (Å²) in [5, 5.41) is 22.9. The molecule has 0 aromatic heterocycles. The fourth-order valence-electron chi connectivity index (χ4n) is 8.13. The number of carbonyl (C=O) groups excluding carboxylic acids is 5. The number of primary amides is 1. The van der Waals surface area contributed by atoms with E-state index in [0.29, 0.717) is 24.2 Å². The van der Waals surface area contributed by atoms with Gasteiger partial charge in [0, 0.05) is 41.7 Å². The quantitative estimate of drug-likeness (QED) is 0.457. The first-order chi connectivity index (χ1) is 18.4. The van der Waals surface area contributed by atoms with Crippen LogP contribution >= 0.6 is 0 Å². The average molecular weight is 542 g/mol. The van der Waals surface area contributed by atoms with Crippen LogP contribution in [0.5, 0.6) is 5.75 Å². The number of nitrogens with two attached hydrogens (primary N) is 1. The number of carbonyl (C=O) groups is 5. The predicted molar refractivity (Wildman–Crippen MR) is 133 cm³/mol. The van der Waals surface area contributed by atoms with Gasteiger partial charge in [-0.2, -0.15) is 0 Å². The normalized spacial score (nSPS) is 34.7. The number of phenolic OH excluding ortho intramolecular Hbond substituents is 1. The highest BCUT2D eigenvalue weighted by Crippen LogP contribution is 2.52. The number of amides is 1. The van der Waals surface area contributed by atoms with Crippen molar-refractivity contribution >= 4 is 29.0 Å². The minimum Gasteiger partial charge on any atom is -0.507 e. The molecule has 10 nitrogen and oxygen atoms in total. The number of fused-ring (bicyclic) bond motifs is 4. The second-order valence-corrected chi connectivity index (χ2v) is 12.1. The van der Waals surface area contributed by atoms with Gasteiger partial charge in [-0.15, -0.1) is 0 Å². The van der Waals surface area contributed by atoms with Crippen molar-refractivity contribution in [3.63, 3.8) is 0 Å². The van der Waals surface area contributed by atoms with Crippen LogP contribution in [0.1, 0.15) is 59.2 Å². The number of aliphatic hydroxyl groups is 1. The molecule has 6 rings (SSSR count). The Labute approximate surface area is 224 Å². The summed E-state index contributed by atoms with van der Waals surface area (Å²) in [6, 6.07) is -0.917. The zero-order valence-corrected chi connectivity index (χ0v) is 21.9. The number of rotatable bonds is 3. The molecule has 4 N–H and O–H groups in total. The molecule has 5 aliphatic rings. The number of likely N-dealkylation sites (N-methyl/N-ethyl adjacent to an activating group) is 1. The number of phenols is 1. The lowest BCUT2D eigenvalue weighted by atomic mass is 9.52. The summed E-state index contributed by atoms with van der Waals surface area (Å²) in [4.78, 5) is 69.8. The molecule has 0 saturated heterocycles. The molecule has 0 spiro atoms. The van der Waals surface area contributed by atoms with Crippen LogP contribution in [0.2, 0.25) is 0 Å². The number of aromatic hydroxyl groups is 1. The Morgan fingerprint density at radius 2 is 1.69 bits per heavy atom. The Kier molecular flexibility index (Phi) is 5.87. The van der Waals surface area contributed by atoms with Gasteiger partial charge in [0.1, 0.15) is 11.6 Å². The number of benzene rings is 1. The third-order valence-electron chi connectivity index (χ3n) is 9.94. The van der Waals surface area contributed by atoms with Gasteiger partial charge in [-0.05, 0) is 45.7 Å². The lowest BCUT2D eigenvalue weighted by Crippen LogP contribution is -2.74. The second kappa shape index (κ2) is 8.74. The molecule has 1 amide bonds. The highest BCUT2D eigenvalue weighted by molar-refractivity contribution is 6.32. The lowest BCUT2D eigenvalue weighted by Gasteiger charge is -2.52. The van der Waals surface area contributed by atoms with Gasteiger partial charge in [0.15, 0.2) is 34.7 Å². The lowest BCUT2D eigenvalue weighted by molar-refractivity contribution is -0.181. The van der Waals surface area contributed by atoms with E-state index in [1.165, 1.54) is 19.0 Å². The number of Topliss-reactive ketones (excluding diaryl/α,β-unsaturated/α-hetero) is 4. The molecule has 3 saturated carbocycles. The molecule has 0 bridgehead atoms. The molecule has 208 valence electrons. The minimum atomic E-state index is -2.79. The van der Waals surface area contributed by atoms with E-state index in [-0.39, 0.29) is 35.8 Å². The monoisotopic (exact) mass is 541 g/mol. The van der Waals surface area contributed by atoms with Gasteiger partial charge in [-0.3, -0.25) is 33.8 Å². The zero-order chi connectivity index (χ0) is 28.1. The first-order valence-corrected chi connectivity index (χ1v) is 13.5. The van der Waals surface area contributed by atoms with Crippen molar-refractivity contribution in [3.8, 4) is 5.75 Å². The highest BCUT2D eigenvalue weighted by Gasteiger charge is 2.69. The van der Waals surface area contributed by atoms with E-state index in [1.807, 2.05) is 0 Å². The average Bonchev–Trinajstić information content (AvgIpc) is 3.55. The maximum absolute atomic E-state index is 16.0. The smallest absolute Gasteiger partial charge is 0.235 e. The van der Waals surface area contributed by atoms with Crippen molar-refractivity contribution in [2.75, 3.05) is 14.1 Å². The van der Waals surface area contributed by atoms with Gasteiger partial charge in [0.2, 0.25) is 5.91 Å². The molecule has 1 aromatic carbocycles. The van der Waals surface area contributed by atoms with Crippen molar-refractivity contribution < 1.29 is 38.6 Å². The number of hydrogen-bond donors (Lipinski definition) is 3. The van der Waals surface area contributed by atoms with Crippen LogP contribution in [-0.2, 0) is 38.7 Å². The Balaban J connectivity index is 1.43. The van der Waals surface area contributed by atoms with Crippen LogP contribution in [0.25, 0.3) is 0 Å². The maximum atomic E-state index is 16.0. The largest absolute Gasteiger partial charge is 0.507 e. The van der Waals surface area contributed by atoms with Crippen molar-refractivity contribution in [2.45, 2.75) is 69.3 Å². The number of nitrogens with zero attached hydrogens (tertiary/aromatic N) is 2. The molecule has 4 aliphatic carbocycles. The molecule has 6 unspecified atom stereocenters. The van der Waals surface area contributed by atoms with Crippen molar-refractivity contribution in [1.29, 1.82) is 0 Å². The SMILES string of the molecule is CN(C)C1C(=O)C(C(N)=O)C(=O)C2(O)C(=O)C3C(=O)c4c(O)c5c(c(F)c4CC3CC12)CN(C1CCCC1)C5. The van der Waals surface area contributed by atoms with E-state index in [9.17, 15) is 34.2 Å². The van der Waals surface area contributed by atoms with E-state index in [2.05, 4.69) is 4.90 Å². The van der Waals surface area contributed by atoms with E-state index >= 15 is 4.39 Å². The van der Waals surface area contributed by atoms with Crippen molar-refractivity contribution in [3.05, 3.63) is 28.1 Å². The zero-order valence-electron chi connectivity index (χ0n) is 21.9. The fourth-order valence-corrected chi connectivity index (χ4v) is 8.13. The summed E-state index contributed by atoms with van der Waals surface area (Å²) in [5.41, 5.74) is 3.01. The number of halogens is 1. The molecule has 11 heteroatoms. The predicted octanol–water partition coefficient (Wildman–Crippen LogP) is 0.264. The van der Waals surface area contributed by atoms with Gasteiger partial charge in [0.25, 0.3) is 0 Å². The molecule has 0 radical (unpaired) electrons. The Morgan fingerprint density at radius 3 is 2.31 bits per heavy atom. The van der Waals surface area contributed by atoms with Crippen molar-refractivity contribution in [1.82, 2.24) is 9.80 Å². The Hall–Kier alpha value is -3.02. The standard InChI is InChI=1S/C28H32FN3O7/c1-31(2)21-16-8-11-7-13-18(22(33)15-10-32(9-14(15)20(13)29)12-5-3-4-6-12)23(34)17(11)25(36)28(16,39)26(37)19(24(21)35)27(30)38/h11-12,16-17,19,21,33,39H,3-10H2,1-2H3,(H2,30,38).